The Balaban J connectivity index is 1.84. The second-order valence-corrected chi connectivity index (χ2v) is 6.49. The van der Waals surface area contributed by atoms with Crippen LogP contribution in [-0.4, -0.2) is 35.8 Å². The molecule has 1 unspecified atom stereocenters. The van der Waals surface area contributed by atoms with Crippen molar-refractivity contribution in [3.8, 4) is 0 Å². The smallest absolute Gasteiger partial charge is 0.254 e. The lowest BCUT2D eigenvalue weighted by Crippen LogP contribution is -2.58. The average molecular weight is 340 g/mol. The molecule has 0 bridgehead atoms. The van der Waals surface area contributed by atoms with Crippen LogP contribution in [0, 0.1) is 19.7 Å². The third-order valence-electron chi connectivity index (χ3n) is 4.57. The van der Waals surface area contributed by atoms with Gasteiger partial charge in [0.25, 0.3) is 5.91 Å². The fourth-order valence-electron chi connectivity index (χ4n) is 3.16. The molecule has 0 aromatic heterocycles. The zero-order valence-electron chi connectivity index (χ0n) is 14.6. The monoisotopic (exact) mass is 340 g/mol. The van der Waals surface area contributed by atoms with Crippen LogP contribution < -0.4 is 4.90 Å². The number of halogens is 1. The molecule has 3 rings (SSSR count). The first kappa shape index (κ1) is 17.1. The van der Waals surface area contributed by atoms with Gasteiger partial charge in [-0.25, -0.2) is 4.39 Å². The van der Waals surface area contributed by atoms with E-state index < -0.39 is 11.9 Å². The molecule has 4 nitrogen and oxygen atoms in total. The molecule has 1 fully saturated rings. The summed E-state index contributed by atoms with van der Waals surface area (Å²) < 4.78 is 14.1. The predicted molar refractivity (Wildman–Crippen MR) is 95.2 cm³/mol. The maximum atomic E-state index is 14.1. The SMILES string of the molecule is Cc1cccc(C(=O)N2CCN(c3cc(C)ccc3F)C(=O)C2C)c1. The van der Waals surface area contributed by atoms with Crippen molar-refractivity contribution in [2.45, 2.75) is 26.8 Å². The van der Waals surface area contributed by atoms with Gasteiger partial charge in [-0.2, -0.15) is 0 Å². The topological polar surface area (TPSA) is 40.6 Å². The summed E-state index contributed by atoms with van der Waals surface area (Å²) >= 11 is 0. The number of nitrogens with zero attached hydrogens (tertiary/aromatic N) is 2. The molecule has 0 N–H and O–H groups in total. The highest BCUT2D eigenvalue weighted by atomic mass is 19.1. The fourth-order valence-corrected chi connectivity index (χ4v) is 3.16. The highest BCUT2D eigenvalue weighted by Gasteiger charge is 2.36. The molecule has 130 valence electrons. The van der Waals surface area contributed by atoms with Gasteiger partial charge in [0.05, 0.1) is 5.69 Å². The Bertz CT molecular complexity index is 834. The molecular formula is C20H21FN2O2. The summed E-state index contributed by atoms with van der Waals surface area (Å²) in [4.78, 5) is 28.5. The van der Waals surface area contributed by atoms with E-state index in [-0.39, 0.29) is 24.0 Å². The van der Waals surface area contributed by atoms with Gasteiger partial charge >= 0.3 is 0 Å². The van der Waals surface area contributed by atoms with Crippen LogP contribution in [0.15, 0.2) is 42.5 Å². The average Bonchev–Trinajstić information content (AvgIpc) is 2.59. The Morgan fingerprint density at radius 3 is 2.52 bits per heavy atom. The number of hydrogen-bond acceptors (Lipinski definition) is 2. The van der Waals surface area contributed by atoms with Crippen molar-refractivity contribution < 1.29 is 14.0 Å². The zero-order chi connectivity index (χ0) is 18.1. The number of benzene rings is 2. The van der Waals surface area contributed by atoms with Gasteiger partial charge in [-0.05, 0) is 50.6 Å². The van der Waals surface area contributed by atoms with Crippen molar-refractivity contribution in [2.75, 3.05) is 18.0 Å². The quantitative estimate of drug-likeness (QED) is 0.841. The number of carbonyl (C=O) groups excluding carboxylic acids is 2. The van der Waals surface area contributed by atoms with Crippen LogP contribution in [0.1, 0.15) is 28.4 Å². The van der Waals surface area contributed by atoms with E-state index >= 15 is 0 Å². The van der Waals surface area contributed by atoms with E-state index in [1.807, 2.05) is 32.0 Å². The molecule has 1 heterocycles. The highest BCUT2D eigenvalue weighted by Crippen LogP contribution is 2.25. The lowest BCUT2D eigenvalue weighted by Gasteiger charge is -2.39. The van der Waals surface area contributed by atoms with Gasteiger partial charge in [-0.1, -0.05) is 23.8 Å². The van der Waals surface area contributed by atoms with Crippen molar-refractivity contribution in [2.24, 2.45) is 0 Å². The maximum absolute atomic E-state index is 14.1. The lowest BCUT2D eigenvalue weighted by molar-refractivity contribution is -0.124. The van der Waals surface area contributed by atoms with E-state index in [1.165, 1.54) is 11.0 Å². The number of piperazine rings is 1. The fraction of sp³-hybridized carbons (Fsp3) is 0.300. The summed E-state index contributed by atoms with van der Waals surface area (Å²) in [5.74, 6) is -0.865. The van der Waals surface area contributed by atoms with Crippen molar-refractivity contribution in [1.82, 2.24) is 4.90 Å². The standard InChI is InChI=1S/C20H21FN2O2/c1-13-5-4-6-16(11-13)20(25)22-9-10-23(19(24)15(22)3)18-12-14(2)7-8-17(18)21/h4-8,11-12,15H,9-10H2,1-3H3. The largest absolute Gasteiger partial charge is 0.325 e. The molecule has 5 heteroatoms. The molecule has 1 atom stereocenters. The minimum atomic E-state index is -0.637. The lowest BCUT2D eigenvalue weighted by atomic mass is 10.1. The number of aryl methyl sites for hydroxylation is 2. The van der Waals surface area contributed by atoms with Gasteiger partial charge in [-0.15, -0.1) is 0 Å². The highest BCUT2D eigenvalue weighted by molar-refractivity contribution is 6.03. The van der Waals surface area contributed by atoms with Crippen molar-refractivity contribution >= 4 is 17.5 Å². The third kappa shape index (κ3) is 3.27. The van der Waals surface area contributed by atoms with Crippen molar-refractivity contribution in [3.63, 3.8) is 0 Å². The van der Waals surface area contributed by atoms with Crippen LogP contribution >= 0.6 is 0 Å². The van der Waals surface area contributed by atoms with E-state index in [0.717, 1.165) is 11.1 Å². The number of anilines is 1. The minimum absolute atomic E-state index is 0.172. The Labute approximate surface area is 146 Å². The second-order valence-electron chi connectivity index (χ2n) is 6.49. The van der Waals surface area contributed by atoms with Crippen LogP contribution in [0.4, 0.5) is 10.1 Å². The maximum Gasteiger partial charge on any atom is 0.254 e. The molecular weight excluding hydrogens is 319 g/mol. The predicted octanol–water partition coefficient (Wildman–Crippen LogP) is 3.32. The van der Waals surface area contributed by atoms with Crippen LogP contribution in [0.2, 0.25) is 0 Å². The zero-order valence-corrected chi connectivity index (χ0v) is 14.6. The third-order valence-corrected chi connectivity index (χ3v) is 4.57. The van der Waals surface area contributed by atoms with Crippen molar-refractivity contribution in [3.05, 3.63) is 65.0 Å². The number of hydrogen-bond donors (Lipinski definition) is 0. The van der Waals surface area contributed by atoms with E-state index in [1.54, 1.807) is 30.0 Å². The second kappa shape index (κ2) is 6.67. The van der Waals surface area contributed by atoms with Gasteiger partial charge in [-0.3, -0.25) is 9.59 Å². The van der Waals surface area contributed by atoms with Crippen LogP contribution in [0.3, 0.4) is 0 Å². The Kier molecular flexibility index (Phi) is 4.57. The van der Waals surface area contributed by atoms with E-state index in [9.17, 15) is 14.0 Å². The van der Waals surface area contributed by atoms with Gasteiger partial charge in [0.15, 0.2) is 0 Å². The Hall–Kier alpha value is -2.69. The molecule has 2 aromatic carbocycles. The summed E-state index contributed by atoms with van der Waals surface area (Å²) in [6.45, 7) is 6.11. The summed E-state index contributed by atoms with van der Waals surface area (Å²) in [6.07, 6.45) is 0. The molecule has 0 saturated carbocycles. The van der Waals surface area contributed by atoms with Crippen LogP contribution in [-0.2, 0) is 4.79 Å². The molecule has 1 aliphatic rings. The first-order valence-corrected chi connectivity index (χ1v) is 8.33. The van der Waals surface area contributed by atoms with E-state index in [4.69, 9.17) is 0 Å². The Morgan fingerprint density at radius 1 is 1.08 bits per heavy atom. The molecule has 0 radical (unpaired) electrons. The summed E-state index contributed by atoms with van der Waals surface area (Å²) in [7, 11) is 0. The number of amides is 2. The normalized spacial score (nSPS) is 17.8. The van der Waals surface area contributed by atoms with E-state index in [0.29, 0.717) is 12.1 Å². The molecule has 0 spiro atoms. The molecule has 25 heavy (non-hydrogen) atoms. The summed E-state index contributed by atoms with van der Waals surface area (Å²) in [6, 6.07) is 11.4. The van der Waals surface area contributed by atoms with Gasteiger partial charge in [0.2, 0.25) is 5.91 Å². The molecule has 0 aliphatic carbocycles. The number of rotatable bonds is 2. The Morgan fingerprint density at radius 2 is 1.80 bits per heavy atom. The summed E-state index contributed by atoms with van der Waals surface area (Å²) in [5, 5.41) is 0. The first-order chi connectivity index (χ1) is 11.9. The minimum Gasteiger partial charge on any atom is -0.325 e. The van der Waals surface area contributed by atoms with E-state index in [2.05, 4.69) is 0 Å². The molecule has 2 aromatic rings. The van der Waals surface area contributed by atoms with Crippen LogP contribution in [0.25, 0.3) is 0 Å². The van der Waals surface area contributed by atoms with Gasteiger partial charge in [0, 0.05) is 18.7 Å². The van der Waals surface area contributed by atoms with Crippen molar-refractivity contribution in [1.29, 1.82) is 0 Å². The van der Waals surface area contributed by atoms with Crippen LogP contribution in [0.5, 0.6) is 0 Å². The first-order valence-electron chi connectivity index (χ1n) is 8.33. The van der Waals surface area contributed by atoms with Gasteiger partial charge in [0.1, 0.15) is 11.9 Å². The summed E-state index contributed by atoms with van der Waals surface area (Å²) in [5.41, 5.74) is 2.72. The molecule has 1 aliphatic heterocycles. The van der Waals surface area contributed by atoms with Gasteiger partial charge < -0.3 is 9.80 Å². The number of carbonyl (C=O) groups is 2. The molecule has 2 amide bonds. The molecule has 1 saturated heterocycles.